The summed E-state index contributed by atoms with van der Waals surface area (Å²) in [5.74, 6) is 4.34. The van der Waals surface area contributed by atoms with Crippen molar-refractivity contribution >= 4 is 38.6 Å². The number of hydrogen-bond donors (Lipinski definition) is 0. The van der Waals surface area contributed by atoms with Gasteiger partial charge < -0.3 is 13.7 Å². The van der Waals surface area contributed by atoms with Crippen molar-refractivity contribution in [3.8, 4) is 39.5 Å². The number of benzene rings is 5. The third kappa shape index (κ3) is 7.40. The molecule has 0 aliphatic rings. The maximum absolute atomic E-state index is 13.2. The summed E-state index contributed by atoms with van der Waals surface area (Å²) in [6.07, 6.45) is -0.657. The van der Waals surface area contributed by atoms with E-state index in [2.05, 4.69) is 52.7 Å². The summed E-state index contributed by atoms with van der Waals surface area (Å²) in [5.41, 5.74) is 4.94. The van der Waals surface area contributed by atoms with Crippen molar-refractivity contribution in [3.63, 3.8) is 0 Å². The molecular weight excluding hydrogens is 626 g/mol. The lowest BCUT2D eigenvalue weighted by atomic mass is 10.1. The van der Waals surface area contributed by atoms with Gasteiger partial charge in [0.1, 0.15) is 17.2 Å². The molecule has 0 heterocycles. The van der Waals surface area contributed by atoms with Crippen LogP contribution >= 0.6 is 22.6 Å². The minimum absolute atomic E-state index is 0.149. The smallest absolute Gasteiger partial charge is 0.279 e. The van der Waals surface area contributed by atoms with Crippen LogP contribution in [0.5, 0.6) is 17.2 Å². The van der Waals surface area contributed by atoms with Crippen molar-refractivity contribution in [3.05, 3.63) is 137 Å². The van der Waals surface area contributed by atoms with E-state index in [-0.39, 0.29) is 5.75 Å². The molecule has 2 atom stereocenters. The Kier molecular flexibility index (Phi) is 8.18. The minimum Gasteiger partial charge on any atom is -0.451 e. The molecule has 0 bridgehead atoms. The number of hydrogen-bond acceptors (Lipinski definition) is 4. The predicted molar refractivity (Wildman–Crippen MR) is 164 cm³/mol. The van der Waals surface area contributed by atoms with Crippen LogP contribution in [0.2, 0.25) is 0 Å². The SMILES string of the molecule is C=S(=O)(F)Oc1ccc(-c2ccc(OC(Oc3ccc(-c4ccc(I)cc4)cc3)c3ccccc3)cc2)cc1. The summed E-state index contributed by atoms with van der Waals surface area (Å²) >= 11 is 2.30. The topological polar surface area (TPSA) is 44.8 Å². The molecular formula is C32H24FIO4S. The Morgan fingerprint density at radius 3 is 1.38 bits per heavy atom. The van der Waals surface area contributed by atoms with Gasteiger partial charge in [-0.3, -0.25) is 0 Å². The Balaban J connectivity index is 1.31. The molecule has 0 saturated carbocycles. The van der Waals surface area contributed by atoms with Crippen molar-refractivity contribution in [1.82, 2.24) is 0 Å². The van der Waals surface area contributed by atoms with Gasteiger partial charge in [-0.2, -0.15) is 4.21 Å². The number of halogens is 2. The van der Waals surface area contributed by atoms with Gasteiger partial charge in [-0.05, 0) is 93.4 Å². The van der Waals surface area contributed by atoms with E-state index in [9.17, 15) is 8.09 Å². The van der Waals surface area contributed by atoms with Crippen molar-refractivity contribution in [2.24, 2.45) is 0 Å². The van der Waals surface area contributed by atoms with Gasteiger partial charge in [0.15, 0.2) is 0 Å². The fraction of sp³-hybridized carbons (Fsp3) is 0.0312. The molecule has 2 unspecified atom stereocenters. The van der Waals surface area contributed by atoms with Crippen LogP contribution in [0.15, 0.2) is 127 Å². The molecule has 0 aliphatic carbocycles. The third-order valence-corrected chi connectivity index (χ3v) is 7.01. The maximum Gasteiger partial charge on any atom is 0.279 e. The van der Waals surface area contributed by atoms with Crippen molar-refractivity contribution in [1.29, 1.82) is 0 Å². The highest BCUT2D eigenvalue weighted by Crippen LogP contribution is 2.30. The summed E-state index contributed by atoms with van der Waals surface area (Å²) in [4.78, 5) is 0. The van der Waals surface area contributed by atoms with Gasteiger partial charge in [0.05, 0.1) is 0 Å². The second kappa shape index (κ2) is 11.9. The molecule has 5 aromatic carbocycles. The van der Waals surface area contributed by atoms with E-state index >= 15 is 0 Å². The Bertz CT molecular complexity index is 1620. The molecule has 0 spiro atoms. The van der Waals surface area contributed by atoms with Crippen molar-refractivity contribution in [2.45, 2.75) is 6.29 Å². The number of rotatable bonds is 9. The fourth-order valence-corrected chi connectivity index (χ4v) is 4.72. The van der Waals surface area contributed by atoms with E-state index in [1.807, 2.05) is 78.9 Å². The molecule has 0 radical (unpaired) electrons. The van der Waals surface area contributed by atoms with Crippen LogP contribution in [0.3, 0.4) is 0 Å². The highest BCUT2D eigenvalue weighted by atomic mass is 127. The molecule has 0 aliphatic heterocycles. The van der Waals surface area contributed by atoms with Gasteiger partial charge in [0, 0.05) is 15.0 Å². The molecule has 196 valence electrons. The first-order valence-electron chi connectivity index (χ1n) is 12.0. The molecule has 4 nitrogen and oxygen atoms in total. The predicted octanol–water partition coefficient (Wildman–Crippen LogP) is 8.68. The second-order valence-corrected chi connectivity index (χ2v) is 11.2. The molecule has 7 heteroatoms. The quantitative estimate of drug-likeness (QED) is 0.0694. The molecule has 5 rings (SSSR count). The highest BCUT2D eigenvalue weighted by molar-refractivity contribution is 14.1. The van der Waals surface area contributed by atoms with Crippen LogP contribution < -0.4 is 13.7 Å². The minimum atomic E-state index is -4.06. The Labute approximate surface area is 241 Å². The first-order valence-corrected chi connectivity index (χ1v) is 14.7. The van der Waals surface area contributed by atoms with Crippen molar-refractivity contribution in [2.75, 3.05) is 0 Å². The van der Waals surface area contributed by atoms with Crippen LogP contribution in [0.1, 0.15) is 11.9 Å². The summed E-state index contributed by atoms with van der Waals surface area (Å²) in [6.45, 7) is 0. The average molecular weight is 651 g/mol. The summed E-state index contributed by atoms with van der Waals surface area (Å²) < 4.78 is 42.7. The van der Waals surface area contributed by atoms with Crippen LogP contribution in [-0.4, -0.2) is 10.1 Å². The average Bonchev–Trinajstić information content (AvgIpc) is 2.94. The monoisotopic (exact) mass is 650 g/mol. The normalized spacial score (nSPS) is 13.2. The summed E-state index contributed by atoms with van der Waals surface area (Å²) in [7, 11) is -4.06. The summed E-state index contributed by atoms with van der Waals surface area (Å²) in [6, 6.07) is 40.3. The van der Waals surface area contributed by atoms with Gasteiger partial charge in [-0.25, -0.2) is 0 Å². The van der Waals surface area contributed by atoms with E-state index in [0.29, 0.717) is 11.5 Å². The van der Waals surface area contributed by atoms with Crippen molar-refractivity contribution < 1.29 is 21.8 Å². The van der Waals surface area contributed by atoms with Gasteiger partial charge >= 0.3 is 0 Å². The molecule has 0 amide bonds. The lowest BCUT2D eigenvalue weighted by Crippen LogP contribution is -2.15. The lowest BCUT2D eigenvalue weighted by Gasteiger charge is -2.21. The largest absolute Gasteiger partial charge is 0.451 e. The molecule has 0 fully saturated rings. The zero-order valence-electron chi connectivity index (χ0n) is 20.7. The fourth-order valence-electron chi connectivity index (χ4n) is 3.96. The van der Waals surface area contributed by atoms with Gasteiger partial charge in [0.2, 0.25) is 0 Å². The Hall–Kier alpha value is -3.82. The van der Waals surface area contributed by atoms with Gasteiger partial charge in [0.25, 0.3) is 16.5 Å². The maximum atomic E-state index is 13.2. The first kappa shape index (κ1) is 26.8. The zero-order chi connectivity index (χ0) is 27.2. The first-order chi connectivity index (χ1) is 18.8. The summed E-state index contributed by atoms with van der Waals surface area (Å²) in [5, 5.41) is 0. The molecule has 0 N–H and O–H groups in total. The van der Waals surface area contributed by atoms with Gasteiger partial charge in [-0.1, -0.05) is 78.9 Å². The van der Waals surface area contributed by atoms with E-state index in [0.717, 1.165) is 27.8 Å². The Morgan fingerprint density at radius 1 is 0.590 bits per heavy atom. The van der Waals surface area contributed by atoms with Gasteiger partial charge in [-0.15, -0.1) is 3.89 Å². The van der Waals surface area contributed by atoms with E-state index in [4.69, 9.17) is 13.7 Å². The van der Waals surface area contributed by atoms with Crippen LogP contribution in [0.4, 0.5) is 3.89 Å². The molecule has 5 aromatic rings. The second-order valence-electron chi connectivity index (χ2n) is 8.68. The number of ether oxygens (including phenoxy) is 2. The van der Waals surface area contributed by atoms with E-state index in [1.54, 1.807) is 24.3 Å². The third-order valence-electron chi connectivity index (χ3n) is 5.85. The van der Waals surface area contributed by atoms with E-state index in [1.165, 1.54) is 3.57 Å². The standard InChI is InChI=1S/C32H24FIO4S/c1-39(33,35)38-31-21-13-26(14-22-31)25-11-19-30(20-12-25)37-32(27-5-3-2-4-6-27)36-29-17-9-24(10-18-29)23-7-15-28(34)16-8-23/h2-22,32H,1H2. The van der Waals surface area contributed by atoms with E-state index < -0.39 is 16.5 Å². The highest BCUT2D eigenvalue weighted by Gasteiger charge is 2.16. The Morgan fingerprint density at radius 2 is 0.974 bits per heavy atom. The molecule has 0 aromatic heterocycles. The van der Waals surface area contributed by atoms with Crippen LogP contribution in [0.25, 0.3) is 22.3 Å². The molecule has 0 saturated heterocycles. The van der Waals surface area contributed by atoms with Crippen LogP contribution in [0, 0.1) is 3.57 Å². The van der Waals surface area contributed by atoms with Crippen LogP contribution in [-0.2, 0) is 10.2 Å². The molecule has 39 heavy (non-hydrogen) atoms. The lowest BCUT2D eigenvalue weighted by molar-refractivity contribution is 0.00383. The zero-order valence-corrected chi connectivity index (χ0v) is 23.7.